The lowest BCUT2D eigenvalue weighted by Gasteiger charge is -2.08. The third kappa shape index (κ3) is 5.79. The minimum atomic E-state index is 0.476. The largest absolute Gasteiger partial charge is 0.473 e. The van der Waals surface area contributed by atoms with Crippen molar-refractivity contribution in [2.45, 2.75) is 26.4 Å². The minimum Gasteiger partial charge on any atom is -0.473 e. The van der Waals surface area contributed by atoms with Crippen LogP contribution in [-0.2, 0) is 6.54 Å². The number of nitrogens with one attached hydrogen (secondary N) is 1. The number of hydrogen-bond donors (Lipinski definition) is 1. The van der Waals surface area contributed by atoms with Crippen molar-refractivity contribution in [3.8, 4) is 5.88 Å². The predicted molar refractivity (Wildman–Crippen MR) is 87.2 cm³/mol. The van der Waals surface area contributed by atoms with E-state index in [1.165, 1.54) is 5.56 Å². The van der Waals surface area contributed by atoms with Crippen molar-refractivity contribution in [2.24, 2.45) is 0 Å². The maximum absolute atomic E-state index is 5.59. The van der Waals surface area contributed by atoms with Gasteiger partial charge in [-0.15, -0.1) is 0 Å². The highest BCUT2D eigenvalue weighted by atomic mass is 16.5. The highest BCUT2D eigenvalue weighted by molar-refractivity contribution is 5.48. The first kappa shape index (κ1) is 15.3. The minimum absolute atomic E-state index is 0.476. The molecule has 0 spiro atoms. The van der Waals surface area contributed by atoms with Crippen molar-refractivity contribution in [2.75, 3.05) is 6.61 Å². The molecular formula is C18H22N2O. The SMILES string of the molecule is CC(C)NCc1ccc(OCC=Cc2ccccc2)nc1. The molecule has 3 nitrogen and oxygen atoms in total. The summed E-state index contributed by atoms with van der Waals surface area (Å²) in [4.78, 5) is 4.31. The summed E-state index contributed by atoms with van der Waals surface area (Å²) in [5, 5.41) is 3.36. The van der Waals surface area contributed by atoms with Gasteiger partial charge in [0, 0.05) is 24.8 Å². The molecule has 0 radical (unpaired) electrons. The topological polar surface area (TPSA) is 34.1 Å². The van der Waals surface area contributed by atoms with Crippen LogP contribution in [0.15, 0.2) is 54.7 Å². The second kappa shape index (κ2) is 8.22. The van der Waals surface area contributed by atoms with Gasteiger partial charge in [-0.25, -0.2) is 4.98 Å². The molecule has 1 aromatic heterocycles. The Labute approximate surface area is 126 Å². The fraction of sp³-hybridized carbons (Fsp3) is 0.278. The predicted octanol–water partition coefficient (Wildman–Crippen LogP) is 3.67. The van der Waals surface area contributed by atoms with Gasteiger partial charge in [0.2, 0.25) is 5.88 Å². The Hall–Kier alpha value is -2.13. The molecule has 0 amide bonds. The summed E-state index contributed by atoms with van der Waals surface area (Å²) in [6.07, 6.45) is 5.89. The van der Waals surface area contributed by atoms with Crippen molar-refractivity contribution in [1.82, 2.24) is 10.3 Å². The summed E-state index contributed by atoms with van der Waals surface area (Å²) in [5.74, 6) is 0.654. The molecule has 1 heterocycles. The first-order chi connectivity index (χ1) is 10.2. The van der Waals surface area contributed by atoms with Crippen LogP contribution in [0.2, 0.25) is 0 Å². The van der Waals surface area contributed by atoms with Crippen LogP contribution in [0.5, 0.6) is 5.88 Å². The normalized spacial score (nSPS) is 11.2. The van der Waals surface area contributed by atoms with Gasteiger partial charge < -0.3 is 10.1 Å². The quantitative estimate of drug-likeness (QED) is 0.841. The van der Waals surface area contributed by atoms with Crippen molar-refractivity contribution in [1.29, 1.82) is 0 Å². The number of hydrogen-bond acceptors (Lipinski definition) is 3. The fourth-order valence-electron chi connectivity index (χ4n) is 1.80. The molecule has 0 aliphatic carbocycles. The van der Waals surface area contributed by atoms with E-state index in [4.69, 9.17) is 4.74 Å². The molecule has 1 N–H and O–H groups in total. The second-order valence-electron chi connectivity index (χ2n) is 5.16. The van der Waals surface area contributed by atoms with E-state index in [1.54, 1.807) is 0 Å². The second-order valence-corrected chi connectivity index (χ2v) is 5.16. The van der Waals surface area contributed by atoms with Crippen LogP contribution in [0.4, 0.5) is 0 Å². The number of benzene rings is 1. The number of rotatable bonds is 7. The zero-order chi connectivity index (χ0) is 14.9. The zero-order valence-corrected chi connectivity index (χ0v) is 12.6. The van der Waals surface area contributed by atoms with E-state index >= 15 is 0 Å². The van der Waals surface area contributed by atoms with Gasteiger partial charge in [-0.3, -0.25) is 0 Å². The molecular weight excluding hydrogens is 260 g/mol. The van der Waals surface area contributed by atoms with Crippen molar-refractivity contribution in [3.05, 3.63) is 65.9 Å². The van der Waals surface area contributed by atoms with Gasteiger partial charge in [0.15, 0.2) is 0 Å². The van der Waals surface area contributed by atoms with Gasteiger partial charge >= 0.3 is 0 Å². The molecule has 21 heavy (non-hydrogen) atoms. The summed E-state index contributed by atoms with van der Waals surface area (Å²) >= 11 is 0. The van der Waals surface area contributed by atoms with Crippen LogP contribution >= 0.6 is 0 Å². The van der Waals surface area contributed by atoms with Crippen molar-refractivity contribution < 1.29 is 4.74 Å². The summed E-state index contributed by atoms with van der Waals surface area (Å²) in [6, 6.07) is 14.6. The van der Waals surface area contributed by atoms with E-state index in [0.29, 0.717) is 18.5 Å². The molecule has 0 saturated carbocycles. The zero-order valence-electron chi connectivity index (χ0n) is 12.6. The maximum atomic E-state index is 5.59. The standard InChI is InChI=1S/C18H22N2O/c1-15(2)19-13-17-10-11-18(20-14-17)21-12-6-9-16-7-4-3-5-8-16/h3-11,14-15,19H,12-13H2,1-2H3. The number of aromatic nitrogens is 1. The van der Waals surface area contributed by atoms with Crippen LogP contribution < -0.4 is 10.1 Å². The molecule has 0 aliphatic rings. The molecule has 2 aromatic rings. The van der Waals surface area contributed by atoms with E-state index in [2.05, 4.69) is 36.3 Å². The summed E-state index contributed by atoms with van der Waals surface area (Å²) in [7, 11) is 0. The maximum Gasteiger partial charge on any atom is 0.213 e. The molecule has 0 fully saturated rings. The molecule has 1 aromatic carbocycles. The molecule has 0 atom stereocenters. The Morgan fingerprint density at radius 1 is 1.14 bits per heavy atom. The van der Waals surface area contributed by atoms with Crippen LogP contribution in [0.1, 0.15) is 25.0 Å². The van der Waals surface area contributed by atoms with Gasteiger partial charge in [-0.05, 0) is 17.2 Å². The van der Waals surface area contributed by atoms with E-state index in [9.17, 15) is 0 Å². The molecule has 0 aliphatic heterocycles. The monoisotopic (exact) mass is 282 g/mol. The lowest BCUT2D eigenvalue weighted by molar-refractivity contribution is 0.349. The van der Waals surface area contributed by atoms with Crippen molar-refractivity contribution >= 4 is 6.08 Å². The molecule has 110 valence electrons. The van der Waals surface area contributed by atoms with Crippen molar-refractivity contribution in [3.63, 3.8) is 0 Å². The molecule has 3 heteroatoms. The Kier molecular flexibility index (Phi) is 5.98. The highest BCUT2D eigenvalue weighted by Gasteiger charge is 1.97. The van der Waals surface area contributed by atoms with E-state index in [1.807, 2.05) is 48.7 Å². The lowest BCUT2D eigenvalue weighted by Crippen LogP contribution is -2.21. The van der Waals surface area contributed by atoms with Gasteiger partial charge in [0.05, 0.1) is 0 Å². The number of pyridine rings is 1. The van der Waals surface area contributed by atoms with Crippen LogP contribution in [0.3, 0.4) is 0 Å². The Balaban J connectivity index is 1.77. The average molecular weight is 282 g/mol. The van der Waals surface area contributed by atoms with Gasteiger partial charge in [0.1, 0.15) is 6.61 Å². The third-order valence-electron chi connectivity index (χ3n) is 2.95. The van der Waals surface area contributed by atoms with Gasteiger partial charge in [-0.2, -0.15) is 0 Å². The Morgan fingerprint density at radius 3 is 2.62 bits per heavy atom. The Morgan fingerprint density at radius 2 is 1.95 bits per heavy atom. The summed E-state index contributed by atoms with van der Waals surface area (Å²) in [6.45, 7) is 5.61. The highest BCUT2D eigenvalue weighted by Crippen LogP contribution is 2.08. The summed E-state index contributed by atoms with van der Waals surface area (Å²) in [5.41, 5.74) is 2.33. The van der Waals surface area contributed by atoms with Gasteiger partial charge in [0.25, 0.3) is 0 Å². The number of nitrogens with zero attached hydrogens (tertiary/aromatic N) is 1. The van der Waals surface area contributed by atoms with Crippen LogP contribution in [0.25, 0.3) is 6.08 Å². The smallest absolute Gasteiger partial charge is 0.213 e. The van der Waals surface area contributed by atoms with Gasteiger partial charge in [-0.1, -0.05) is 56.3 Å². The van der Waals surface area contributed by atoms with E-state index in [0.717, 1.165) is 12.1 Å². The van der Waals surface area contributed by atoms with E-state index < -0.39 is 0 Å². The lowest BCUT2D eigenvalue weighted by atomic mass is 10.2. The Bertz CT molecular complexity index is 547. The molecule has 2 rings (SSSR count). The molecule has 0 saturated heterocycles. The third-order valence-corrected chi connectivity index (χ3v) is 2.95. The van der Waals surface area contributed by atoms with Crippen LogP contribution in [-0.4, -0.2) is 17.6 Å². The average Bonchev–Trinajstić information content (AvgIpc) is 2.52. The molecule has 0 bridgehead atoms. The van der Waals surface area contributed by atoms with E-state index in [-0.39, 0.29) is 0 Å². The summed E-state index contributed by atoms with van der Waals surface area (Å²) < 4.78 is 5.59. The van der Waals surface area contributed by atoms with Crippen LogP contribution in [0, 0.1) is 0 Å². The first-order valence-corrected chi connectivity index (χ1v) is 7.27. The first-order valence-electron chi connectivity index (χ1n) is 7.27. The number of ether oxygens (including phenoxy) is 1. The molecule has 0 unspecified atom stereocenters. The fourth-order valence-corrected chi connectivity index (χ4v) is 1.80.